The molecule has 2 saturated carbocycles. The standard InChI is InChI=1S/C26H33N7O3.2C2HF3O2/c1-13-7-10-17-16(11-13)22(29-18-5-3-4-6-19(18)30-25(27)28)32-26(31-17)33-23(34)20-14-8-9-15(12-14)21(20)24(35)36-2;2*3-2(4,5)1(6)7/h7-11,14-15,18-21H,3-6,12H2,1-2H3,(H4,27,28,30)(H2,29,31,32,33,34);2*(H,6,7)/t14-,15+,18?,19?,20?,21?;;/m1../s1. The zero-order valence-corrected chi connectivity index (χ0v) is 26.6. The number of carbonyl (C=O) groups excluding carboxylic acids is 2. The number of aliphatic carboxylic acids is 2. The number of nitrogens with one attached hydrogen (secondary N) is 4. The Morgan fingerprint density at radius 1 is 0.920 bits per heavy atom. The number of carbonyl (C=O) groups is 4. The van der Waals surface area contributed by atoms with Crippen LogP contribution in [-0.2, 0) is 23.9 Å². The third-order valence-corrected chi connectivity index (χ3v) is 8.24. The first-order chi connectivity index (χ1) is 23.2. The molecular weight excluding hydrogens is 684 g/mol. The monoisotopic (exact) mass is 719 g/mol. The van der Waals surface area contributed by atoms with E-state index in [1.165, 1.54) is 7.11 Å². The van der Waals surface area contributed by atoms with Gasteiger partial charge in [-0.25, -0.2) is 14.6 Å². The molecule has 14 nitrogen and oxygen atoms in total. The Morgan fingerprint density at radius 2 is 1.46 bits per heavy atom. The van der Waals surface area contributed by atoms with E-state index in [1.54, 1.807) is 0 Å². The number of allylic oxidation sites excluding steroid dienone is 2. The number of rotatable bonds is 6. The number of nitrogens with zero attached hydrogens (tertiary/aromatic N) is 2. The number of guanidine groups is 1. The van der Waals surface area contributed by atoms with E-state index in [4.69, 9.17) is 40.7 Å². The van der Waals surface area contributed by atoms with Gasteiger partial charge < -0.3 is 31.3 Å². The Bertz CT molecular complexity index is 1610. The number of halogens is 6. The van der Waals surface area contributed by atoms with Crippen LogP contribution in [0.5, 0.6) is 0 Å². The van der Waals surface area contributed by atoms with Crippen LogP contribution >= 0.6 is 0 Å². The van der Waals surface area contributed by atoms with Crippen molar-refractivity contribution in [3.05, 3.63) is 35.9 Å². The van der Waals surface area contributed by atoms with Gasteiger partial charge in [0.2, 0.25) is 11.9 Å². The fourth-order valence-corrected chi connectivity index (χ4v) is 6.09. The lowest BCUT2D eigenvalue weighted by atomic mass is 9.82. The Balaban J connectivity index is 0.000000408. The van der Waals surface area contributed by atoms with Crippen LogP contribution in [0.15, 0.2) is 30.4 Å². The maximum absolute atomic E-state index is 13.4. The molecule has 4 unspecified atom stereocenters. The maximum atomic E-state index is 13.4. The van der Waals surface area contributed by atoms with Crippen LogP contribution in [0.4, 0.5) is 38.1 Å². The van der Waals surface area contributed by atoms with Gasteiger partial charge >= 0.3 is 30.3 Å². The summed E-state index contributed by atoms with van der Waals surface area (Å²) in [5.41, 5.74) is 7.41. The molecule has 1 heterocycles. The minimum absolute atomic E-state index is 0.000420. The highest BCUT2D eigenvalue weighted by Gasteiger charge is 2.52. The number of amides is 1. The molecule has 0 aliphatic heterocycles. The van der Waals surface area contributed by atoms with Gasteiger partial charge in [-0.05, 0) is 50.2 Å². The molecule has 2 fully saturated rings. The SMILES string of the molecule is COC(=O)C1C(C(=O)Nc2nc(NC3CCCCC3NC(=N)N)c3cc(C)ccc3n2)[C@@H]2C=C[C@H]1C2.O=C(O)C(F)(F)F.O=C(O)C(F)(F)F. The second-order valence-electron chi connectivity index (χ2n) is 11.7. The minimum Gasteiger partial charge on any atom is -0.475 e. The molecule has 0 radical (unpaired) electrons. The largest absolute Gasteiger partial charge is 0.490 e. The number of fused-ring (bicyclic) bond motifs is 3. The van der Waals surface area contributed by atoms with E-state index in [2.05, 4.69) is 20.9 Å². The zero-order valence-electron chi connectivity index (χ0n) is 26.6. The number of nitrogens with two attached hydrogens (primary N) is 1. The highest BCUT2D eigenvalue weighted by molar-refractivity contribution is 5.97. The maximum Gasteiger partial charge on any atom is 0.490 e. The Kier molecular flexibility index (Phi) is 12.6. The summed E-state index contributed by atoms with van der Waals surface area (Å²) in [5, 5.41) is 32.3. The number of hydrogen-bond acceptors (Lipinski definition) is 9. The fourth-order valence-electron chi connectivity index (χ4n) is 6.09. The fraction of sp³-hybridized carbons (Fsp3) is 0.500. The lowest BCUT2D eigenvalue weighted by molar-refractivity contribution is -0.193. The molecule has 2 aromatic rings. The van der Waals surface area contributed by atoms with Crippen molar-refractivity contribution in [1.29, 1.82) is 5.41 Å². The van der Waals surface area contributed by atoms with E-state index < -0.39 is 36.1 Å². The van der Waals surface area contributed by atoms with Crippen molar-refractivity contribution in [2.45, 2.75) is 63.5 Å². The summed E-state index contributed by atoms with van der Waals surface area (Å²) in [4.78, 5) is 53.0. The number of carboxylic acid groups (broad SMARTS) is 2. The molecule has 50 heavy (non-hydrogen) atoms. The van der Waals surface area contributed by atoms with Gasteiger partial charge in [-0.2, -0.15) is 31.3 Å². The number of aromatic nitrogens is 2. The topological polar surface area (TPSA) is 230 Å². The Labute approximate surface area is 280 Å². The normalized spacial score (nSPS) is 23.8. The number of hydrogen-bond donors (Lipinski definition) is 7. The van der Waals surface area contributed by atoms with Crippen LogP contribution in [0.25, 0.3) is 10.9 Å². The van der Waals surface area contributed by atoms with Gasteiger partial charge in [0.1, 0.15) is 5.82 Å². The molecule has 6 atom stereocenters. The summed E-state index contributed by atoms with van der Waals surface area (Å²) in [6.07, 6.45) is -1.43. The first kappa shape index (κ1) is 39.3. The van der Waals surface area contributed by atoms with Crippen molar-refractivity contribution in [1.82, 2.24) is 15.3 Å². The number of aryl methyl sites for hydroxylation is 1. The number of ether oxygens (including phenoxy) is 1. The van der Waals surface area contributed by atoms with Gasteiger partial charge in [-0.15, -0.1) is 0 Å². The molecule has 274 valence electrons. The summed E-state index contributed by atoms with van der Waals surface area (Å²) in [7, 11) is 1.36. The average Bonchev–Trinajstić information content (AvgIpc) is 3.64. The predicted molar refractivity (Wildman–Crippen MR) is 165 cm³/mol. The molecule has 0 spiro atoms. The summed E-state index contributed by atoms with van der Waals surface area (Å²) in [6, 6.07) is 5.93. The molecule has 1 aromatic heterocycles. The van der Waals surface area contributed by atoms with Gasteiger partial charge in [-0.3, -0.25) is 20.3 Å². The molecule has 1 aromatic carbocycles. The van der Waals surface area contributed by atoms with E-state index in [-0.39, 0.29) is 47.7 Å². The molecule has 3 aliphatic carbocycles. The van der Waals surface area contributed by atoms with Gasteiger partial charge in [0.15, 0.2) is 5.96 Å². The van der Waals surface area contributed by atoms with Gasteiger partial charge in [0.25, 0.3) is 0 Å². The Morgan fingerprint density at radius 3 is 1.98 bits per heavy atom. The van der Waals surface area contributed by atoms with E-state index in [0.29, 0.717) is 11.3 Å². The number of esters is 1. The number of carboxylic acids is 2. The number of alkyl halides is 6. The molecule has 20 heteroatoms. The Hall–Kier alpha value is -5.17. The summed E-state index contributed by atoms with van der Waals surface area (Å²) in [5.74, 6) is -6.35. The van der Waals surface area contributed by atoms with E-state index >= 15 is 0 Å². The molecule has 3 aliphatic rings. The average molecular weight is 720 g/mol. The van der Waals surface area contributed by atoms with E-state index in [0.717, 1.165) is 43.1 Å². The van der Waals surface area contributed by atoms with E-state index in [9.17, 15) is 35.9 Å². The van der Waals surface area contributed by atoms with Crippen molar-refractivity contribution in [2.75, 3.05) is 17.7 Å². The lowest BCUT2D eigenvalue weighted by Crippen LogP contribution is -2.50. The summed E-state index contributed by atoms with van der Waals surface area (Å²) < 4.78 is 68.5. The third kappa shape index (κ3) is 10.2. The number of benzene rings is 1. The van der Waals surface area contributed by atoms with Crippen molar-refractivity contribution >= 4 is 52.4 Å². The first-order valence-corrected chi connectivity index (χ1v) is 15.1. The highest BCUT2D eigenvalue weighted by atomic mass is 19.4. The second kappa shape index (κ2) is 16.0. The van der Waals surface area contributed by atoms with Gasteiger partial charge in [-0.1, -0.05) is 36.6 Å². The van der Waals surface area contributed by atoms with Crippen molar-refractivity contribution in [3.8, 4) is 0 Å². The van der Waals surface area contributed by atoms with Crippen molar-refractivity contribution < 1.29 is 60.5 Å². The van der Waals surface area contributed by atoms with Crippen molar-refractivity contribution in [2.24, 2.45) is 29.4 Å². The zero-order chi connectivity index (χ0) is 37.6. The summed E-state index contributed by atoms with van der Waals surface area (Å²) in [6.45, 7) is 2.01. The highest BCUT2D eigenvalue weighted by Crippen LogP contribution is 2.48. The van der Waals surface area contributed by atoms with E-state index in [1.807, 2.05) is 37.3 Å². The van der Waals surface area contributed by atoms with Crippen LogP contribution in [0.2, 0.25) is 0 Å². The van der Waals surface area contributed by atoms with Crippen LogP contribution < -0.4 is 21.7 Å². The van der Waals surface area contributed by atoms with Crippen LogP contribution in [0.3, 0.4) is 0 Å². The molecule has 2 bridgehead atoms. The molecule has 5 rings (SSSR count). The van der Waals surface area contributed by atoms with Crippen LogP contribution in [0, 0.1) is 36.0 Å². The molecule has 0 saturated heterocycles. The quantitative estimate of drug-likeness (QED) is 0.0740. The third-order valence-electron chi connectivity index (χ3n) is 8.24. The first-order valence-electron chi connectivity index (χ1n) is 15.1. The van der Waals surface area contributed by atoms with Crippen LogP contribution in [-0.4, -0.2) is 81.5 Å². The smallest absolute Gasteiger partial charge is 0.475 e. The molecule has 8 N–H and O–H groups in total. The molecular formula is C30H35F6N7O7. The van der Waals surface area contributed by atoms with Crippen molar-refractivity contribution in [3.63, 3.8) is 0 Å². The lowest BCUT2D eigenvalue weighted by Gasteiger charge is -2.33. The predicted octanol–water partition coefficient (Wildman–Crippen LogP) is 3.96. The van der Waals surface area contributed by atoms with Gasteiger partial charge in [0.05, 0.1) is 24.5 Å². The molecule has 1 amide bonds. The minimum atomic E-state index is -5.08. The van der Waals surface area contributed by atoms with Crippen LogP contribution in [0.1, 0.15) is 37.7 Å². The summed E-state index contributed by atoms with van der Waals surface area (Å²) >= 11 is 0. The number of methoxy groups -OCH3 is 1. The van der Waals surface area contributed by atoms with Gasteiger partial charge in [0, 0.05) is 17.5 Å². The number of anilines is 2. The second-order valence-corrected chi connectivity index (χ2v) is 11.7.